The summed E-state index contributed by atoms with van der Waals surface area (Å²) >= 11 is 0. The number of aromatic nitrogens is 5. The fourth-order valence-electron chi connectivity index (χ4n) is 3.28. The molecule has 1 unspecified atom stereocenters. The van der Waals surface area contributed by atoms with Gasteiger partial charge in [-0.2, -0.15) is 0 Å². The number of amides is 1. The molecule has 0 radical (unpaired) electrons. The van der Waals surface area contributed by atoms with Crippen molar-refractivity contribution in [1.82, 2.24) is 30.5 Å². The van der Waals surface area contributed by atoms with Crippen molar-refractivity contribution in [2.45, 2.75) is 51.2 Å². The summed E-state index contributed by atoms with van der Waals surface area (Å²) in [5.41, 5.74) is 1.45. The second-order valence-corrected chi connectivity index (χ2v) is 8.24. The molecule has 2 saturated carbocycles. The van der Waals surface area contributed by atoms with Gasteiger partial charge in [0.2, 0.25) is 5.82 Å². The van der Waals surface area contributed by atoms with Gasteiger partial charge >= 0.3 is 0 Å². The van der Waals surface area contributed by atoms with Gasteiger partial charge in [-0.1, -0.05) is 0 Å². The molecule has 0 bridgehead atoms. The number of rotatable bonds is 8. The standard InChI is InChI=1S/C22H23FN6O2/c1-13(31-18-8-6-16(24-12-18)10-14-2-3-14)21-26-28-29(27-21)17-7-9-19(20(23)11-17)22(30)25-15-4-5-15/h6-9,11-15H,2-5,10H2,1H3,(H,25,30). The summed E-state index contributed by atoms with van der Waals surface area (Å²) in [4.78, 5) is 17.8. The van der Waals surface area contributed by atoms with Gasteiger partial charge in [0.15, 0.2) is 6.10 Å². The van der Waals surface area contributed by atoms with Crippen molar-refractivity contribution in [3.8, 4) is 11.4 Å². The Hall–Kier alpha value is -3.36. The normalized spacial score (nSPS) is 16.7. The van der Waals surface area contributed by atoms with Crippen LogP contribution in [0.15, 0.2) is 36.5 Å². The highest BCUT2D eigenvalue weighted by molar-refractivity contribution is 5.95. The molecule has 9 heteroatoms. The van der Waals surface area contributed by atoms with Crippen LogP contribution in [-0.2, 0) is 6.42 Å². The molecule has 5 rings (SSSR count). The van der Waals surface area contributed by atoms with Crippen molar-refractivity contribution in [2.75, 3.05) is 0 Å². The lowest BCUT2D eigenvalue weighted by Gasteiger charge is -2.11. The Morgan fingerprint density at radius 3 is 2.77 bits per heavy atom. The summed E-state index contributed by atoms with van der Waals surface area (Å²) in [6, 6.07) is 8.28. The van der Waals surface area contributed by atoms with E-state index in [-0.39, 0.29) is 11.6 Å². The molecule has 31 heavy (non-hydrogen) atoms. The minimum Gasteiger partial charge on any atom is -0.481 e. The first-order valence-corrected chi connectivity index (χ1v) is 10.6. The Balaban J connectivity index is 1.24. The van der Waals surface area contributed by atoms with Gasteiger partial charge in [-0.15, -0.1) is 15.0 Å². The Morgan fingerprint density at radius 2 is 2.10 bits per heavy atom. The lowest BCUT2D eigenvalue weighted by molar-refractivity contribution is 0.0947. The fraction of sp³-hybridized carbons (Fsp3) is 0.409. The molecule has 1 atom stereocenters. The van der Waals surface area contributed by atoms with Gasteiger partial charge in [-0.25, -0.2) is 4.39 Å². The van der Waals surface area contributed by atoms with Crippen LogP contribution in [0.2, 0.25) is 0 Å². The molecule has 1 N–H and O–H groups in total. The number of pyridine rings is 1. The van der Waals surface area contributed by atoms with Gasteiger partial charge in [-0.3, -0.25) is 9.78 Å². The summed E-state index contributed by atoms with van der Waals surface area (Å²) in [7, 11) is 0. The number of nitrogens with one attached hydrogen (secondary N) is 1. The Labute approximate surface area is 178 Å². The molecule has 0 aliphatic heterocycles. The van der Waals surface area contributed by atoms with Crippen molar-refractivity contribution in [1.29, 1.82) is 0 Å². The number of tetrazole rings is 1. The lowest BCUT2D eigenvalue weighted by Crippen LogP contribution is -2.26. The third-order valence-corrected chi connectivity index (χ3v) is 5.44. The van der Waals surface area contributed by atoms with Gasteiger partial charge < -0.3 is 10.1 Å². The summed E-state index contributed by atoms with van der Waals surface area (Å²) < 4.78 is 20.3. The van der Waals surface area contributed by atoms with E-state index >= 15 is 0 Å². The maximum Gasteiger partial charge on any atom is 0.254 e. The van der Waals surface area contributed by atoms with E-state index < -0.39 is 17.8 Å². The van der Waals surface area contributed by atoms with E-state index in [1.165, 1.54) is 29.8 Å². The molecular formula is C22H23FN6O2. The van der Waals surface area contributed by atoms with Crippen molar-refractivity contribution in [2.24, 2.45) is 5.92 Å². The first-order chi connectivity index (χ1) is 15.0. The molecule has 1 aromatic carbocycles. The molecule has 1 amide bonds. The molecule has 2 fully saturated rings. The topological polar surface area (TPSA) is 94.8 Å². The van der Waals surface area contributed by atoms with E-state index in [1.807, 2.05) is 19.1 Å². The lowest BCUT2D eigenvalue weighted by atomic mass is 10.2. The zero-order chi connectivity index (χ0) is 21.4. The molecular weight excluding hydrogens is 399 g/mol. The fourth-order valence-corrected chi connectivity index (χ4v) is 3.28. The highest BCUT2D eigenvalue weighted by atomic mass is 19.1. The monoisotopic (exact) mass is 422 g/mol. The summed E-state index contributed by atoms with van der Waals surface area (Å²) in [6.45, 7) is 1.81. The number of nitrogens with zero attached hydrogens (tertiary/aromatic N) is 5. The molecule has 2 heterocycles. The predicted molar refractivity (Wildman–Crippen MR) is 109 cm³/mol. The van der Waals surface area contributed by atoms with Crippen molar-refractivity contribution < 1.29 is 13.9 Å². The van der Waals surface area contributed by atoms with Crippen LogP contribution in [0.4, 0.5) is 4.39 Å². The highest BCUT2D eigenvalue weighted by Crippen LogP contribution is 2.32. The number of ether oxygens (including phenoxy) is 1. The quantitative estimate of drug-likeness (QED) is 0.599. The molecule has 0 saturated heterocycles. The van der Waals surface area contributed by atoms with Crippen molar-refractivity contribution in [3.63, 3.8) is 0 Å². The van der Waals surface area contributed by atoms with Crippen molar-refractivity contribution >= 4 is 5.91 Å². The molecule has 2 aliphatic carbocycles. The Kier molecular flexibility index (Phi) is 5.09. The minimum atomic E-state index is -0.629. The van der Waals surface area contributed by atoms with Gasteiger partial charge in [0.1, 0.15) is 11.6 Å². The van der Waals surface area contributed by atoms with Gasteiger partial charge in [-0.05, 0) is 74.4 Å². The number of hydrogen-bond acceptors (Lipinski definition) is 6. The maximum absolute atomic E-state index is 14.4. The predicted octanol–water partition coefficient (Wildman–Crippen LogP) is 3.18. The molecule has 0 spiro atoms. The first-order valence-electron chi connectivity index (χ1n) is 10.6. The average Bonchev–Trinajstić information content (AvgIpc) is 3.69. The van der Waals surface area contributed by atoms with Crippen molar-refractivity contribution in [3.05, 3.63) is 59.4 Å². The largest absolute Gasteiger partial charge is 0.481 e. The second kappa shape index (κ2) is 8.05. The molecule has 8 nitrogen and oxygen atoms in total. The number of benzene rings is 1. The summed E-state index contributed by atoms with van der Waals surface area (Å²) in [6.07, 6.45) is 6.73. The zero-order valence-electron chi connectivity index (χ0n) is 17.2. The average molecular weight is 422 g/mol. The zero-order valence-corrected chi connectivity index (χ0v) is 17.2. The SMILES string of the molecule is CC(Oc1ccc(CC2CC2)nc1)c1nnn(-c2ccc(C(=O)NC3CC3)c(F)c2)n1. The second-order valence-electron chi connectivity index (χ2n) is 8.24. The highest BCUT2D eigenvalue weighted by Gasteiger charge is 2.25. The third-order valence-electron chi connectivity index (χ3n) is 5.44. The number of halogens is 1. The van der Waals surface area contributed by atoms with Crippen LogP contribution in [0.5, 0.6) is 5.75 Å². The Bertz CT molecular complexity index is 1090. The number of carbonyl (C=O) groups excluding carboxylic acids is 1. The molecule has 160 valence electrons. The number of hydrogen-bond donors (Lipinski definition) is 1. The van der Waals surface area contributed by atoms with Gasteiger partial charge in [0, 0.05) is 17.8 Å². The van der Waals surface area contributed by atoms with Crippen LogP contribution in [0.25, 0.3) is 5.69 Å². The van der Waals surface area contributed by atoms with E-state index in [4.69, 9.17) is 4.74 Å². The van der Waals surface area contributed by atoms with E-state index in [0.717, 1.165) is 30.9 Å². The van der Waals surface area contributed by atoms with E-state index in [9.17, 15) is 9.18 Å². The minimum absolute atomic E-state index is 0.00493. The third kappa shape index (κ3) is 4.70. The smallest absolute Gasteiger partial charge is 0.254 e. The van der Waals surface area contributed by atoms with Crippen LogP contribution >= 0.6 is 0 Å². The van der Waals surface area contributed by atoms with Crippen LogP contribution < -0.4 is 10.1 Å². The number of carbonyl (C=O) groups is 1. The van der Waals surface area contributed by atoms with Crippen LogP contribution in [-0.4, -0.2) is 37.1 Å². The van der Waals surface area contributed by atoms with E-state index in [2.05, 4.69) is 25.7 Å². The molecule has 3 aromatic rings. The summed E-state index contributed by atoms with van der Waals surface area (Å²) in [5.74, 6) is 0.733. The van der Waals surface area contributed by atoms with Crippen LogP contribution in [0.3, 0.4) is 0 Å². The van der Waals surface area contributed by atoms with E-state index in [1.54, 1.807) is 12.3 Å². The van der Waals surface area contributed by atoms with Gasteiger partial charge in [0.25, 0.3) is 5.91 Å². The van der Waals surface area contributed by atoms with Crippen LogP contribution in [0.1, 0.15) is 60.6 Å². The van der Waals surface area contributed by atoms with Gasteiger partial charge in [0.05, 0.1) is 17.4 Å². The first kappa shape index (κ1) is 19.6. The summed E-state index contributed by atoms with van der Waals surface area (Å²) in [5, 5.41) is 15.1. The molecule has 2 aromatic heterocycles. The maximum atomic E-state index is 14.4. The Morgan fingerprint density at radius 1 is 1.26 bits per heavy atom. The van der Waals surface area contributed by atoms with E-state index in [0.29, 0.717) is 17.3 Å². The van der Waals surface area contributed by atoms with Crippen LogP contribution in [0, 0.1) is 11.7 Å². The molecule has 2 aliphatic rings.